The van der Waals surface area contributed by atoms with Crippen molar-refractivity contribution in [2.24, 2.45) is 0 Å². The number of nitrogens with one attached hydrogen (secondary N) is 1. The number of hydrogen-bond acceptors (Lipinski definition) is 6. The summed E-state index contributed by atoms with van der Waals surface area (Å²) in [7, 11) is -1.32. The molecule has 254 valence electrons. The average molecular weight is 672 g/mol. The second kappa shape index (κ2) is 16.3. The summed E-state index contributed by atoms with van der Waals surface area (Å²) >= 11 is 0. The number of methoxy groups -OCH3 is 2. The smallest absolute Gasteiger partial charge is 0.264 e. The number of aryl methyl sites for hydroxylation is 2. The van der Waals surface area contributed by atoms with E-state index in [1.54, 1.807) is 24.3 Å². The third-order valence-corrected chi connectivity index (χ3v) is 10.0. The zero-order chi connectivity index (χ0) is 34.8. The molecule has 0 spiro atoms. The maximum Gasteiger partial charge on any atom is 0.264 e. The Morgan fingerprint density at radius 3 is 2.08 bits per heavy atom. The standard InChI is InChI=1S/C38H45N3O6S/c1-7-29(4)39-38(43)34(23-30-13-9-8-10-14-30)40(25-31-15-11-12-28(3)22-31)37(42)26-41(32-18-21-35(46-5)36(24-32)47-6)48(44,45)33-19-16-27(2)17-20-33/h8-22,24,29,34H,7,23,25-26H2,1-6H3,(H,39,43)/t29-,34+/m0/s1. The highest BCUT2D eigenvalue weighted by molar-refractivity contribution is 7.92. The molecule has 4 aromatic rings. The van der Waals surface area contributed by atoms with Crippen LogP contribution >= 0.6 is 0 Å². The predicted molar refractivity (Wildman–Crippen MR) is 189 cm³/mol. The molecule has 0 bridgehead atoms. The van der Waals surface area contributed by atoms with E-state index in [1.807, 2.05) is 82.3 Å². The Morgan fingerprint density at radius 1 is 0.792 bits per heavy atom. The fourth-order valence-electron chi connectivity index (χ4n) is 5.35. The third-order valence-electron chi connectivity index (χ3n) is 8.25. The van der Waals surface area contributed by atoms with Gasteiger partial charge in [-0.1, -0.05) is 84.8 Å². The van der Waals surface area contributed by atoms with E-state index in [9.17, 15) is 18.0 Å². The van der Waals surface area contributed by atoms with Crippen molar-refractivity contribution < 1.29 is 27.5 Å². The van der Waals surface area contributed by atoms with Gasteiger partial charge in [0.2, 0.25) is 11.8 Å². The van der Waals surface area contributed by atoms with Gasteiger partial charge in [-0.2, -0.15) is 0 Å². The topological polar surface area (TPSA) is 105 Å². The number of benzene rings is 4. The zero-order valence-electron chi connectivity index (χ0n) is 28.5. The number of nitrogens with zero attached hydrogens (tertiary/aromatic N) is 2. The van der Waals surface area contributed by atoms with E-state index < -0.39 is 28.5 Å². The van der Waals surface area contributed by atoms with Crippen molar-refractivity contribution in [3.63, 3.8) is 0 Å². The van der Waals surface area contributed by atoms with Crippen LogP contribution in [0.25, 0.3) is 0 Å². The number of rotatable bonds is 15. The molecule has 0 aliphatic rings. The Hall–Kier alpha value is -4.83. The number of hydrogen-bond donors (Lipinski definition) is 1. The van der Waals surface area contributed by atoms with E-state index in [1.165, 1.54) is 37.3 Å². The molecule has 0 aliphatic heterocycles. The number of carbonyl (C=O) groups excluding carboxylic acids is 2. The summed E-state index contributed by atoms with van der Waals surface area (Å²) < 4.78 is 40.6. The van der Waals surface area contributed by atoms with Gasteiger partial charge in [0.1, 0.15) is 12.6 Å². The van der Waals surface area contributed by atoms with Crippen LogP contribution in [0, 0.1) is 13.8 Å². The lowest BCUT2D eigenvalue weighted by Crippen LogP contribution is -2.54. The average Bonchev–Trinajstić information content (AvgIpc) is 3.08. The molecule has 1 N–H and O–H groups in total. The lowest BCUT2D eigenvalue weighted by atomic mass is 10.0. The molecule has 10 heteroatoms. The van der Waals surface area contributed by atoms with E-state index in [0.717, 1.165) is 26.6 Å². The van der Waals surface area contributed by atoms with Crippen LogP contribution in [0.5, 0.6) is 11.5 Å². The molecule has 4 aromatic carbocycles. The van der Waals surface area contributed by atoms with Crippen LogP contribution in [0.3, 0.4) is 0 Å². The van der Waals surface area contributed by atoms with Gasteiger partial charge in [0.05, 0.1) is 24.8 Å². The van der Waals surface area contributed by atoms with Gasteiger partial charge in [-0.25, -0.2) is 8.42 Å². The van der Waals surface area contributed by atoms with Crippen molar-refractivity contribution in [1.29, 1.82) is 0 Å². The van der Waals surface area contributed by atoms with E-state index >= 15 is 0 Å². The first-order chi connectivity index (χ1) is 23.0. The fourth-order valence-corrected chi connectivity index (χ4v) is 6.75. The molecule has 0 aromatic heterocycles. The predicted octanol–water partition coefficient (Wildman–Crippen LogP) is 6.07. The number of ether oxygens (including phenoxy) is 2. The first kappa shape index (κ1) is 36.0. The second-order valence-electron chi connectivity index (χ2n) is 11.9. The van der Waals surface area contributed by atoms with E-state index in [-0.39, 0.29) is 35.5 Å². The number of amides is 2. The van der Waals surface area contributed by atoms with Crippen molar-refractivity contribution in [2.45, 2.75) is 64.1 Å². The minimum absolute atomic E-state index is 0.0243. The molecule has 0 heterocycles. The summed E-state index contributed by atoms with van der Waals surface area (Å²) in [6.07, 6.45) is 0.944. The number of carbonyl (C=O) groups is 2. The van der Waals surface area contributed by atoms with Gasteiger partial charge in [0.25, 0.3) is 10.0 Å². The summed E-state index contributed by atoms with van der Waals surface area (Å²) in [6, 6.07) is 27.3. The number of sulfonamides is 1. The first-order valence-corrected chi connectivity index (χ1v) is 17.4. The molecule has 0 radical (unpaired) electrons. The van der Waals surface area contributed by atoms with Gasteiger partial charge < -0.3 is 19.7 Å². The molecule has 0 unspecified atom stereocenters. The van der Waals surface area contributed by atoms with Gasteiger partial charge >= 0.3 is 0 Å². The SMILES string of the molecule is CC[C@H](C)NC(=O)[C@@H](Cc1ccccc1)N(Cc1cccc(C)c1)C(=O)CN(c1ccc(OC)c(OC)c1)S(=O)(=O)c1ccc(C)cc1. The maximum atomic E-state index is 14.7. The fraction of sp³-hybridized carbons (Fsp3) is 0.316. The van der Waals surface area contributed by atoms with Gasteiger partial charge in [-0.15, -0.1) is 0 Å². The van der Waals surface area contributed by atoms with Gasteiger partial charge in [-0.3, -0.25) is 13.9 Å². The highest BCUT2D eigenvalue weighted by Crippen LogP contribution is 2.34. The highest BCUT2D eigenvalue weighted by atomic mass is 32.2. The van der Waals surface area contributed by atoms with Gasteiger partial charge in [-0.05, 0) is 62.6 Å². The summed E-state index contributed by atoms with van der Waals surface area (Å²) in [5.74, 6) is -0.139. The monoisotopic (exact) mass is 671 g/mol. The minimum atomic E-state index is -4.26. The van der Waals surface area contributed by atoms with E-state index in [0.29, 0.717) is 17.9 Å². The largest absolute Gasteiger partial charge is 0.493 e. The second-order valence-corrected chi connectivity index (χ2v) is 13.8. The van der Waals surface area contributed by atoms with Crippen LogP contribution in [0.4, 0.5) is 5.69 Å². The Labute approximate surface area is 284 Å². The molecule has 48 heavy (non-hydrogen) atoms. The van der Waals surface area contributed by atoms with Crippen molar-refractivity contribution >= 4 is 27.5 Å². The summed E-state index contributed by atoms with van der Waals surface area (Å²) in [5.41, 5.74) is 3.78. The van der Waals surface area contributed by atoms with Crippen LogP contribution in [0.1, 0.15) is 42.5 Å². The Kier molecular flexibility index (Phi) is 12.2. The van der Waals surface area contributed by atoms with Gasteiger partial charge in [0, 0.05) is 25.1 Å². The Bertz CT molecular complexity index is 1800. The molecule has 0 aliphatic carbocycles. The molecule has 9 nitrogen and oxygen atoms in total. The summed E-state index contributed by atoms with van der Waals surface area (Å²) in [4.78, 5) is 30.2. The molecule has 0 saturated heterocycles. The zero-order valence-corrected chi connectivity index (χ0v) is 29.3. The summed E-state index contributed by atoms with van der Waals surface area (Å²) in [6.45, 7) is 7.24. The first-order valence-electron chi connectivity index (χ1n) is 16.0. The molecule has 0 fully saturated rings. The third kappa shape index (κ3) is 8.95. The van der Waals surface area contributed by atoms with Crippen molar-refractivity contribution in [3.8, 4) is 11.5 Å². The van der Waals surface area contributed by atoms with Crippen molar-refractivity contribution in [3.05, 3.63) is 119 Å². The Balaban J connectivity index is 1.85. The molecule has 2 amide bonds. The lowest BCUT2D eigenvalue weighted by molar-refractivity contribution is -0.140. The lowest BCUT2D eigenvalue weighted by Gasteiger charge is -2.34. The normalized spacial score (nSPS) is 12.5. The Morgan fingerprint density at radius 2 is 1.46 bits per heavy atom. The number of anilines is 1. The minimum Gasteiger partial charge on any atom is -0.493 e. The molecular formula is C38H45N3O6S. The summed E-state index contributed by atoms with van der Waals surface area (Å²) in [5, 5.41) is 3.06. The van der Waals surface area contributed by atoms with Crippen molar-refractivity contribution in [2.75, 3.05) is 25.1 Å². The van der Waals surface area contributed by atoms with E-state index in [2.05, 4.69) is 5.32 Å². The molecule has 2 atom stereocenters. The molecular weight excluding hydrogens is 627 g/mol. The quantitative estimate of drug-likeness (QED) is 0.165. The highest BCUT2D eigenvalue weighted by Gasteiger charge is 2.35. The van der Waals surface area contributed by atoms with Crippen LogP contribution in [0.2, 0.25) is 0 Å². The van der Waals surface area contributed by atoms with Crippen LogP contribution < -0.4 is 19.1 Å². The maximum absolute atomic E-state index is 14.7. The van der Waals surface area contributed by atoms with E-state index in [4.69, 9.17) is 9.47 Å². The van der Waals surface area contributed by atoms with Crippen molar-refractivity contribution in [1.82, 2.24) is 10.2 Å². The molecule has 4 rings (SSSR count). The van der Waals surface area contributed by atoms with Gasteiger partial charge in [0.15, 0.2) is 11.5 Å². The molecule has 0 saturated carbocycles. The van der Waals surface area contributed by atoms with Crippen LogP contribution in [0.15, 0.2) is 102 Å². The van der Waals surface area contributed by atoms with Crippen LogP contribution in [-0.4, -0.2) is 58.0 Å². The van der Waals surface area contributed by atoms with Crippen LogP contribution in [-0.2, 0) is 32.6 Å².